The highest BCUT2D eigenvalue weighted by molar-refractivity contribution is 14.1. The second-order valence-corrected chi connectivity index (χ2v) is 4.98. The summed E-state index contributed by atoms with van der Waals surface area (Å²) in [7, 11) is 0. The summed E-state index contributed by atoms with van der Waals surface area (Å²) >= 11 is 2.14. The monoisotopic (exact) mass is 322 g/mol. The molecule has 1 amide bonds. The number of piperidine rings is 1. The molecule has 1 aliphatic rings. The Morgan fingerprint density at radius 3 is 2.60 bits per heavy atom. The van der Waals surface area contributed by atoms with E-state index in [-0.39, 0.29) is 5.91 Å². The molecule has 1 aliphatic heterocycles. The van der Waals surface area contributed by atoms with Crippen LogP contribution in [0.5, 0.6) is 0 Å². The molecule has 0 aliphatic carbocycles. The van der Waals surface area contributed by atoms with Gasteiger partial charge in [-0.15, -0.1) is 0 Å². The molecule has 1 heterocycles. The van der Waals surface area contributed by atoms with Gasteiger partial charge in [0.1, 0.15) is 6.20 Å². The van der Waals surface area contributed by atoms with Crippen LogP contribution in [0, 0.1) is 5.41 Å². The van der Waals surface area contributed by atoms with Crippen LogP contribution in [0.25, 0.3) is 0 Å². The predicted octanol–water partition coefficient (Wildman–Crippen LogP) is 0.487. The Hall–Kier alpha value is -0.430. The van der Waals surface area contributed by atoms with Crippen LogP contribution in [0.3, 0.4) is 0 Å². The molecule has 5 heteroatoms. The second-order valence-electron chi connectivity index (χ2n) is 3.73. The minimum Gasteiger partial charge on any atom is -0.342 e. The van der Waals surface area contributed by atoms with E-state index in [4.69, 9.17) is 5.41 Å². The zero-order chi connectivity index (χ0) is 11.3. The van der Waals surface area contributed by atoms with E-state index < -0.39 is 0 Å². The van der Waals surface area contributed by atoms with Crippen molar-refractivity contribution in [3.8, 4) is 0 Å². The first-order valence-electron chi connectivity index (χ1n) is 5.10. The first-order chi connectivity index (χ1) is 7.13. The molecule has 15 heavy (non-hydrogen) atoms. The van der Waals surface area contributed by atoms with Crippen LogP contribution in [0.1, 0.15) is 19.8 Å². The lowest BCUT2D eigenvalue weighted by Crippen LogP contribution is -2.86. The Labute approximate surface area is 104 Å². The molecule has 3 N–H and O–H groups in total. The number of hydrogen-bond donors (Lipinski definition) is 2. The number of nitrogens with one attached hydrogen (secondary N) is 1. The van der Waals surface area contributed by atoms with E-state index in [1.807, 2.05) is 11.1 Å². The van der Waals surface area contributed by atoms with Crippen molar-refractivity contribution in [2.45, 2.75) is 25.8 Å². The zero-order valence-electron chi connectivity index (χ0n) is 8.87. The Balaban J connectivity index is 2.32. The van der Waals surface area contributed by atoms with E-state index in [1.165, 1.54) is 6.21 Å². The fraction of sp³-hybridized carbons (Fsp3) is 0.600. The van der Waals surface area contributed by atoms with Crippen molar-refractivity contribution in [1.82, 2.24) is 4.90 Å². The molecule has 0 aromatic rings. The van der Waals surface area contributed by atoms with Gasteiger partial charge in [0.05, 0.1) is 9.62 Å². The van der Waals surface area contributed by atoms with Crippen molar-refractivity contribution in [1.29, 1.82) is 5.41 Å². The van der Waals surface area contributed by atoms with Crippen LogP contribution < -0.4 is 5.32 Å². The van der Waals surface area contributed by atoms with Gasteiger partial charge in [-0.2, -0.15) is 0 Å². The Bertz CT molecular complexity index is 270. The topological polar surface area (TPSA) is 60.8 Å². The lowest BCUT2D eigenvalue weighted by Gasteiger charge is -2.29. The molecule has 0 radical (unpaired) electrons. The number of quaternary nitrogens is 1. The lowest BCUT2D eigenvalue weighted by molar-refractivity contribution is -0.629. The van der Waals surface area contributed by atoms with Crippen molar-refractivity contribution in [2.75, 3.05) is 13.1 Å². The van der Waals surface area contributed by atoms with Gasteiger partial charge in [-0.25, -0.2) is 0 Å². The molecule has 0 unspecified atom stereocenters. The third kappa shape index (κ3) is 4.29. The van der Waals surface area contributed by atoms with E-state index in [0.717, 1.165) is 29.5 Å². The molecule has 1 fully saturated rings. The summed E-state index contributed by atoms with van der Waals surface area (Å²) < 4.78 is 0.946. The molecule has 0 aromatic heterocycles. The third-order valence-corrected chi connectivity index (χ3v) is 3.32. The maximum Gasteiger partial charge on any atom is 0.219 e. The number of carbonyl (C=O) groups excluding carboxylic acids is 1. The molecule has 1 rings (SSSR count). The number of carbonyl (C=O) groups is 1. The molecular weight excluding hydrogens is 305 g/mol. The first-order valence-corrected chi connectivity index (χ1v) is 6.18. The van der Waals surface area contributed by atoms with Crippen molar-refractivity contribution in [3.05, 3.63) is 9.78 Å². The summed E-state index contributed by atoms with van der Waals surface area (Å²) in [6, 6.07) is 0.560. The highest BCUT2D eigenvalue weighted by Crippen LogP contribution is 2.07. The molecule has 84 valence electrons. The van der Waals surface area contributed by atoms with E-state index in [9.17, 15) is 4.79 Å². The van der Waals surface area contributed by atoms with Crippen molar-refractivity contribution in [3.63, 3.8) is 0 Å². The number of halogens is 1. The first kappa shape index (κ1) is 12.6. The van der Waals surface area contributed by atoms with Crippen LogP contribution in [-0.4, -0.2) is 36.2 Å². The average Bonchev–Trinajstić information content (AvgIpc) is 2.26. The van der Waals surface area contributed by atoms with E-state index in [2.05, 4.69) is 27.9 Å². The summed E-state index contributed by atoms with van der Waals surface area (Å²) in [6.45, 7) is 3.36. The van der Waals surface area contributed by atoms with Gasteiger partial charge in [0, 0.05) is 39.1 Å². The summed E-state index contributed by atoms with van der Waals surface area (Å²) in [5.41, 5.74) is 0. The smallest absolute Gasteiger partial charge is 0.219 e. The Morgan fingerprint density at radius 1 is 1.53 bits per heavy atom. The predicted molar refractivity (Wildman–Crippen MR) is 68.1 cm³/mol. The third-order valence-electron chi connectivity index (χ3n) is 2.65. The number of amides is 1. The number of allylic oxidation sites excluding steroid dienone is 1. The van der Waals surface area contributed by atoms with Crippen LogP contribution in [0.2, 0.25) is 0 Å². The fourth-order valence-corrected chi connectivity index (χ4v) is 1.89. The average molecular weight is 322 g/mol. The highest BCUT2D eigenvalue weighted by atomic mass is 127. The van der Waals surface area contributed by atoms with Crippen molar-refractivity contribution < 1.29 is 10.1 Å². The number of likely N-dealkylation sites (tertiary alicyclic amines) is 1. The van der Waals surface area contributed by atoms with Crippen molar-refractivity contribution >= 4 is 34.7 Å². The largest absolute Gasteiger partial charge is 0.342 e. The van der Waals surface area contributed by atoms with Gasteiger partial charge >= 0.3 is 0 Å². The SMILES string of the molecule is CC(=O)N1CCC([NH2+]C=C(I)C=N)CC1. The maximum absolute atomic E-state index is 11.1. The van der Waals surface area contributed by atoms with Gasteiger partial charge in [0.15, 0.2) is 0 Å². The maximum atomic E-state index is 11.1. The van der Waals surface area contributed by atoms with Gasteiger partial charge in [-0.3, -0.25) is 4.79 Å². The van der Waals surface area contributed by atoms with E-state index >= 15 is 0 Å². The minimum atomic E-state index is 0.179. The Morgan fingerprint density at radius 2 is 2.13 bits per heavy atom. The molecule has 4 nitrogen and oxygen atoms in total. The number of rotatable bonds is 3. The van der Waals surface area contributed by atoms with Gasteiger partial charge in [-0.05, 0) is 22.6 Å². The van der Waals surface area contributed by atoms with Crippen LogP contribution in [-0.2, 0) is 4.79 Å². The number of hydrogen-bond acceptors (Lipinski definition) is 2. The summed E-state index contributed by atoms with van der Waals surface area (Å²) in [5, 5.41) is 9.20. The molecule has 0 saturated carbocycles. The van der Waals surface area contributed by atoms with E-state index in [1.54, 1.807) is 6.92 Å². The molecule has 1 saturated heterocycles. The molecule has 0 atom stereocenters. The number of nitrogens with zero attached hydrogens (tertiary/aromatic N) is 1. The van der Waals surface area contributed by atoms with Crippen LogP contribution in [0.15, 0.2) is 9.78 Å². The summed E-state index contributed by atoms with van der Waals surface area (Å²) in [5.74, 6) is 0.179. The molecular formula is C10H17IN3O+. The highest BCUT2D eigenvalue weighted by Gasteiger charge is 2.21. The van der Waals surface area contributed by atoms with Gasteiger partial charge < -0.3 is 15.6 Å². The van der Waals surface area contributed by atoms with E-state index in [0.29, 0.717) is 6.04 Å². The van der Waals surface area contributed by atoms with Crippen LogP contribution in [0.4, 0.5) is 0 Å². The lowest BCUT2D eigenvalue weighted by atomic mass is 10.1. The summed E-state index contributed by atoms with van der Waals surface area (Å²) in [6.07, 6.45) is 5.42. The van der Waals surface area contributed by atoms with Gasteiger partial charge in [-0.1, -0.05) is 0 Å². The zero-order valence-corrected chi connectivity index (χ0v) is 11.0. The fourth-order valence-electron chi connectivity index (χ4n) is 1.68. The summed E-state index contributed by atoms with van der Waals surface area (Å²) in [4.78, 5) is 13.0. The Kier molecular flexibility index (Phi) is 5.24. The molecule has 0 aromatic carbocycles. The quantitative estimate of drug-likeness (QED) is 0.576. The van der Waals surface area contributed by atoms with Crippen LogP contribution >= 0.6 is 22.6 Å². The minimum absolute atomic E-state index is 0.179. The van der Waals surface area contributed by atoms with Crippen molar-refractivity contribution in [2.24, 2.45) is 0 Å². The number of nitrogens with two attached hydrogens (primary N) is 1. The second kappa shape index (κ2) is 6.22. The standard InChI is InChI=1S/C10H16IN3O/c1-8(15)14-4-2-10(3-5-14)13-7-9(11)6-12/h6-7,10,12-13H,2-5H2,1H3/p+1. The molecule has 0 bridgehead atoms. The van der Waals surface area contributed by atoms with Gasteiger partial charge in [0.2, 0.25) is 5.91 Å². The molecule has 0 spiro atoms. The van der Waals surface area contributed by atoms with Gasteiger partial charge in [0.25, 0.3) is 0 Å². The normalized spacial score (nSPS) is 19.1.